The minimum Gasteiger partial charge on any atom is -0.342 e. The Morgan fingerprint density at radius 1 is 1.33 bits per heavy atom. The summed E-state index contributed by atoms with van der Waals surface area (Å²) < 4.78 is 2.16. The van der Waals surface area contributed by atoms with Crippen molar-refractivity contribution in [2.75, 3.05) is 19.6 Å². The molecule has 1 aromatic heterocycles. The first-order valence-corrected chi connectivity index (χ1v) is 10.6. The largest absolute Gasteiger partial charge is 0.342 e. The van der Waals surface area contributed by atoms with Crippen LogP contribution in [0.25, 0.3) is 0 Å². The smallest absolute Gasteiger partial charge is 0.236 e. The molecule has 0 radical (unpaired) electrons. The Labute approximate surface area is 162 Å². The van der Waals surface area contributed by atoms with Gasteiger partial charge in [0.15, 0.2) is 0 Å². The topological polar surface area (TPSA) is 74.0 Å². The van der Waals surface area contributed by atoms with E-state index in [1.54, 1.807) is 0 Å². The Bertz CT molecular complexity index is 683. The fraction of sp³-hybridized carbons (Fsp3) is 0.762. The third kappa shape index (κ3) is 4.90. The normalized spacial score (nSPS) is 22.3. The van der Waals surface area contributed by atoms with Gasteiger partial charge in [0.2, 0.25) is 5.91 Å². The number of carbonyl (C=O) groups is 1. The Morgan fingerprint density at radius 3 is 2.81 bits per heavy atom. The number of imidazole rings is 1. The van der Waals surface area contributed by atoms with Crippen LogP contribution < -0.4 is 5.32 Å². The standard InChI is InChI=1S/C21H33N5O/c1-3-4-7-20-24-16(2)19(13-22)26(20)15-17-8-9-18(12-17)23-14-21(27)25-10-5-6-11-25/h17-18,23H,3-12,14-15H2,1-2H3. The minimum absolute atomic E-state index is 0.245. The van der Waals surface area contributed by atoms with E-state index in [1.807, 2.05) is 11.8 Å². The zero-order valence-corrected chi connectivity index (χ0v) is 16.8. The summed E-state index contributed by atoms with van der Waals surface area (Å²) in [6.07, 6.45) is 8.79. The number of aromatic nitrogens is 2. The number of unbranched alkanes of at least 4 members (excludes halogenated alkanes) is 1. The van der Waals surface area contributed by atoms with Crippen molar-refractivity contribution < 1.29 is 4.79 Å². The van der Waals surface area contributed by atoms with Crippen LogP contribution in [0.5, 0.6) is 0 Å². The molecule has 1 aliphatic carbocycles. The molecule has 0 aromatic carbocycles. The third-order valence-corrected chi connectivity index (χ3v) is 6.06. The summed E-state index contributed by atoms with van der Waals surface area (Å²) in [6.45, 7) is 7.31. The number of hydrogen-bond acceptors (Lipinski definition) is 4. The quantitative estimate of drug-likeness (QED) is 0.762. The van der Waals surface area contributed by atoms with E-state index in [2.05, 4.69) is 27.9 Å². The second kappa shape index (κ2) is 9.36. The zero-order chi connectivity index (χ0) is 19.2. The minimum atomic E-state index is 0.245. The summed E-state index contributed by atoms with van der Waals surface area (Å²) in [5, 5.41) is 13.0. The van der Waals surface area contributed by atoms with E-state index in [0.717, 1.165) is 88.2 Å². The summed E-state index contributed by atoms with van der Waals surface area (Å²) in [6, 6.07) is 2.76. The van der Waals surface area contributed by atoms with Gasteiger partial charge in [0, 0.05) is 32.1 Å². The fourth-order valence-electron chi connectivity index (χ4n) is 4.49. The molecule has 27 heavy (non-hydrogen) atoms. The van der Waals surface area contributed by atoms with Gasteiger partial charge in [-0.1, -0.05) is 13.3 Å². The van der Waals surface area contributed by atoms with Crippen molar-refractivity contribution >= 4 is 5.91 Å². The Hall–Kier alpha value is -1.87. The molecular formula is C21H33N5O. The highest BCUT2D eigenvalue weighted by atomic mass is 16.2. The van der Waals surface area contributed by atoms with Crippen LogP contribution in [0.4, 0.5) is 0 Å². The van der Waals surface area contributed by atoms with Crippen molar-refractivity contribution in [3.63, 3.8) is 0 Å². The Kier molecular flexibility index (Phi) is 6.89. The van der Waals surface area contributed by atoms with Gasteiger partial charge < -0.3 is 14.8 Å². The van der Waals surface area contributed by atoms with Gasteiger partial charge in [0.25, 0.3) is 0 Å². The number of aryl methyl sites for hydroxylation is 2. The number of nitrogens with zero attached hydrogens (tertiary/aromatic N) is 4. The van der Waals surface area contributed by atoms with Gasteiger partial charge in [0.05, 0.1) is 12.2 Å². The molecule has 1 saturated carbocycles. The molecule has 1 aromatic rings. The second-order valence-electron chi connectivity index (χ2n) is 8.13. The fourth-order valence-corrected chi connectivity index (χ4v) is 4.49. The molecule has 3 rings (SSSR count). The van der Waals surface area contributed by atoms with Crippen LogP contribution in [0.1, 0.15) is 69.1 Å². The van der Waals surface area contributed by atoms with Crippen LogP contribution in [0.2, 0.25) is 0 Å². The molecule has 6 nitrogen and oxygen atoms in total. The summed E-state index contributed by atoms with van der Waals surface area (Å²) in [4.78, 5) is 18.9. The van der Waals surface area contributed by atoms with Crippen molar-refractivity contribution in [3.8, 4) is 6.07 Å². The van der Waals surface area contributed by atoms with Crippen molar-refractivity contribution in [3.05, 3.63) is 17.2 Å². The number of carbonyl (C=O) groups excluding carboxylic acids is 1. The molecule has 2 atom stereocenters. The van der Waals surface area contributed by atoms with Crippen LogP contribution in [-0.4, -0.2) is 46.0 Å². The highest BCUT2D eigenvalue weighted by molar-refractivity contribution is 5.78. The molecular weight excluding hydrogens is 338 g/mol. The lowest BCUT2D eigenvalue weighted by molar-refractivity contribution is -0.129. The van der Waals surface area contributed by atoms with Gasteiger partial charge in [-0.05, 0) is 51.4 Å². The average Bonchev–Trinajstić information content (AvgIpc) is 3.39. The van der Waals surface area contributed by atoms with Gasteiger partial charge >= 0.3 is 0 Å². The second-order valence-corrected chi connectivity index (χ2v) is 8.13. The maximum Gasteiger partial charge on any atom is 0.236 e. The van der Waals surface area contributed by atoms with Gasteiger partial charge in [-0.25, -0.2) is 4.98 Å². The highest BCUT2D eigenvalue weighted by Crippen LogP contribution is 2.28. The number of nitrogens with one attached hydrogen (secondary N) is 1. The van der Waals surface area contributed by atoms with E-state index in [4.69, 9.17) is 0 Å². The summed E-state index contributed by atoms with van der Waals surface area (Å²) in [5.41, 5.74) is 1.58. The van der Waals surface area contributed by atoms with E-state index >= 15 is 0 Å². The van der Waals surface area contributed by atoms with Crippen molar-refractivity contribution in [2.24, 2.45) is 5.92 Å². The SMILES string of the molecule is CCCCc1nc(C)c(C#N)n1CC1CCC(NCC(=O)N2CCCC2)C1. The first-order valence-electron chi connectivity index (χ1n) is 10.6. The summed E-state index contributed by atoms with van der Waals surface area (Å²) in [5.74, 6) is 1.85. The van der Waals surface area contributed by atoms with E-state index in [-0.39, 0.29) is 5.91 Å². The van der Waals surface area contributed by atoms with Gasteiger partial charge in [-0.3, -0.25) is 4.79 Å². The number of hydrogen-bond donors (Lipinski definition) is 1. The lowest BCUT2D eigenvalue weighted by Crippen LogP contribution is -2.39. The predicted molar refractivity (Wildman–Crippen MR) is 105 cm³/mol. The van der Waals surface area contributed by atoms with Crippen LogP contribution >= 0.6 is 0 Å². The number of rotatable bonds is 8. The molecule has 148 valence electrons. The van der Waals surface area contributed by atoms with E-state index < -0.39 is 0 Å². The predicted octanol–water partition coefficient (Wildman–Crippen LogP) is 2.79. The van der Waals surface area contributed by atoms with E-state index in [1.165, 1.54) is 0 Å². The van der Waals surface area contributed by atoms with Gasteiger partial charge in [-0.2, -0.15) is 5.26 Å². The molecule has 0 bridgehead atoms. The van der Waals surface area contributed by atoms with Crippen LogP contribution in [0, 0.1) is 24.2 Å². The van der Waals surface area contributed by atoms with Crippen LogP contribution in [0.3, 0.4) is 0 Å². The van der Waals surface area contributed by atoms with Gasteiger partial charge in [0.1, 0.15) is 17.6 Å². The summed E-state index contributed by atoms with van der Waals surface area (Å²) >= 11 is 0. The van der Waals surface area contributed by atoms with Crippen LogP contribution in [0.15, 0.2) is 0 Å². The van der Waals surface area contributed by atoms with Crippen molar-refractivity contribution in [1.29, 1.82) is 5.26 Å². The maximum absolute atomic E-state index is 12.2. The van der Waals surface area contributed by atoms with Crippen molar-refractivity contribution in [2.45, 2.75) is 77.8 Å². The molecule has 1 N–H and O–H groups in total. The molecule has 1 amide bonds. The number of likely N-dealkylation sites (tertiary alicyclic amines) is 1. The molecule has 6 heteroatoms. The number of nitriles is 1. The molecule has 2 aliphatic rings. The average molecular weight is 372 g/mol. The first kappa shape index (κ1) is 19.9. The Morgan fingerprint density at radius 2 is 2.11 bits per heavy atom. The molecule has 2 unspecified atom stereocenters. The summed E-state index contributed by atoms with van der Waals surface area (Å²) in [7, 11) is 0. The third-order valence-electron chi connectivity index (χ3n) is 6.06. The Balaban J connectivity index is 1.53. The molecule has 0 spiro atoms. The monoisotopic (exact) mass is 371 g/mol. The van der Waals surface area contributed by atoms with E-state index in [9.17, 15) is 10.1 Å². The molecule has 1 saturated heterocycles. The lowest BCUT2D eigenvalue weighted by Gasteiger charge is -2.18. The van der Waals surface area contributed by atoms with Crippen molar-refractivity contribution in [1.82, 2.24) is 19.8 Å². The maximum atomic E-state index is 12.2. The highest BCUT2D eigenvalue weighted by Gasteiger charge is 2.28. The van der Waals surface area contributed by atoms with E-state index in [0.29, 0.717) is 18.5 Å². The lowest BCUT2D eigenvalue weighted by atomic mass is 10.1. The molecule has 1 aliphatic heterocycles. The number of amides is 1. The van der Waals surface area contributed by atoms with Crippen LogP contribution in [-0.2, 0) is 17.8 Å². The zero-order valence-electron chi connectivity index (χ0n) is 16.8. The molecule has 2 heterocycles. The molecule has 2 fully saturated rings. The first-order chi connectivity index (χ1) is 13.1. The van der Waals surface area contributed by atoms with Gasteiger partial charge in [-0.15, -0.1) is 0 Å².